The lowest BCUT2D eigenvalue weighted by Crippen LogP contribution is -2.29. The van der Waals surface area contributed by atoms with Crippen LogP contribution in [0.5, 0.6) is 0 Å². The molecule has 1 aliphatic carbocycles. The van der Waals surface area contributed by atoms with Gasteiger partial charge in [0, 0.05) is 10.4 Å². The number of thiazole rings is 1. The highest BCUT2D eigenvalue weighted by Crippen LogP contribution is 2.31. The number of aryl methyl sites for hydroxylation is 2. The average Bonchev–Trinajstić information content (AvgIpc) is 3.26. The van der Waals surface area contributed by atoms with Gasteiger partial charge >= 0.3 is 0 Å². The van der Waals surface area contributed by atoms with Crippen molar-refractivity contribution in [2.24, 2.45) is 0 Å². The van der Waals surface area contributed by atoms with Crippen molar-refractivity contribution < 1.29 is 14.4 Å². The first-order chi connectivity index (χ1) is 14.1. The monoisotopic (exact) mass is 403 g/mol. The summed E-state index contributed by atoms with van der Waals surface area (Å²) in [6.07, 6.45) is 4.31. The van der Waals surface area contributed by atoms with Gasteiger partial charge in [0.2, 0.25) is 0 Å². The quantitative estimate of drug-likeness (QED) is 0.669. The second-order valence-electron chi connectivity index (χ2n) is 7.09. The third-order valence-corrected chi connectivity index (χ3v) is 6.32. The lowest BCUT2D eigenvalue weighted by molar-refractivity contribution is 0.0925. The maximum absolute atomic E-state index is 12.6. The van der Waals surface area contributed by atoms with Crippen molar-refractivity contribution in [1.82, 2.24) is 4.98 Å². The molecule has 0 atom stereocenters. The second-order valence-corrected chi connectivity index (χ2v) is 8.17. The number of carbonyl (C=O) groups excluding carboxylic acids is 3. The number of nitrogens with one attached hydrogen (secondary N) is 1. The van der Waals surface area contributed by atoms with Gasteiger partial charge in [-0.1, -0.05) is 12.1 Å². The smallest absolute Gasteiger partial charge is 0.266 e. The van der Waals surface area contributed by atoms with Crippen LogP contribution in [0.2, 0.25) is 0 Å². The van der Waals surface area contributed by atoms with E-state index in [1.54, 1.807) is 48.5 Å². The largest absolute Gasteiger partial charge is 0.298 e. The number of amides is 3. The van der Waals surface area contributed by atoms with Gasteiger partial charge in [0.05, 0.1) is 22.5 Å². The summed E-state index contributed by atoms with van der Waals surface area (Å²) >= 11 is 1.53. The van der Waals surface area contributed by atoms with Crippen LogP contribution in [0.1, 0.15) is 54.5 Å². The first kappa shape index (κ1) is 17.8. The molecule has 2 aliphatic rings. The van der Waals surface area contributed by atoms with Crippen molar-refractivity contribution in [1.29, 1.82) is 0 Å². The highest BCUT2D eigenvalue weighted by atomic mass is 32.1. The normalized spacial score (nSPS) is 15.2. The highest BCUT2D eigenvalue weighted by Gasteiger charge is 2.36. The van der Waals surface area contributed by atoms with E-state index < -0.39 is 0 Å². The third kappa shape index (κ3) is 3.03. The average molecular weight is 403 g/mol. The van der Waals surface area contributed by atoms with Crippen LogP contribution in [-0.2, 0) is 12.8 Å². The number of hydrogen-bond acceptors (Lipinski definition) is 5. The fourth-order valence-corrected chi connectivity index (χ4v) is 4.81. The van der Waals surface area contributed by atoms with Gasteiger partial charge in [0.15, 0.2) is 5.13 Å². The van der Waals surface area contributed by atoms with E-state index in [0.29, 0.717) is 27.5 Å². The summed E-state index contributed by atoms with van der Waals surface area (Å²) in [4.78, 5) is 44.7. The molecule has 3 amide bonds. The Morgan fingerprint density at radius 3 is 2.24 bits per heavy atom. The molecule has 1 aliphatic heterocycles. The summed E-state index contributed by atoms with van der Waals surface area (Å²) in [5.74, 6) is -0.961. The van der Waals surface area contributed by atoms with Crippen molar-refractivity contribution >= 4 is 39.9 Å². The van der Waals surface area contributed by atoms with E-state index >= 15 is 0 Å². The molecule has 7 heteroatoms. The minimum Gasteiger partial charge on any atom is -0.298 e. The summed E-state index contributed by atoms with van der Waals surface area (Å²) in [5.41, 5.74) is 2.77. The molecule has 2 aromatic carbocycles. The van der Waals surface area contributed by atoms with Crippen LogP contribution in [0.15, 0.2) is 48.5 Å². The Kier molecular flexibility index (Phi) is 4.24. The third-order valence-electron chi connectivity index (χ3n) is 5.25. The molecule has 6 nitrogen and oxygen atoms in total. The Bertz CT molecular complexity index is 1090. The number of carbonyl (C=O) groups is 3. The molecule has 0 spiro atoms. The molecule has 0 unspecified atom stereocenters. The van der Waals surface area contributed by atoms with Crippen molar-refractivity contribution in [2.75, 3.05) is 10.2 Å². The molecular formula is C22H17N3O3S. The number of nitrogens with zero attached hydrogens (tertiary/aromatic N) is 2. The highest BCUT2D eigenvalue weighted by molar-refractivity contribution is 7.15. The van der Waals surface area contributed by atoms with E-state index in [0.717, 1.165) is 29.9 Å². The number of fused-ring (bicyclic) bond motifs is 2. The second kappa shape index (κ2) is 6.93. The Morgan fingerprint density at radius 1 is 0.931 bits per heavy atom. The van der Waals surface area contributed by atoms with E-state index in [-0.39, 0.29) is 17.7 Å². The first-order valence-electron chi connectivity index (χ1n) is 9.49. The molecule has 0 saturated carbocycles. The van der Waals surface area contributed by atoms with Gasteiger partial charge in [-0.25, -0.2) is 9.88 Å². The summed E-state index contributed by atoms with van der Waals surface area (Å²) in [7, 11) is 0. The van der Waals surface area contributed by atoms with E-state index in [1.165, 1.54) is 22.6 Å². The topological polar surface area (TPSA) is 79.4 Å². The van der Waals surface area contributed by atoms with Crippen molar-refractivity contribution in [3.8, 4) is 0 Å². The van der Waals surface area contributed by atoms with Gasteiger partial charge in [0.25, 0.3) is 17.7 Å². The number of aromatic nitrogens is 1. The maximum atomic E-state index is 12.6. The lowest BCUT2D eigenvalue weighted by atomic mass is 10.0. The Balaban J connectivity index is 1.34. The minimum absolute atomic E-state index is 0.259. The summed E-state index contributed by atoms with van der Waals surface area (Å²) in [6.45, 7) is 0. The number of imide groups is 1. The molecule has 5 rings (SSSR count). The zero-order valence-corrected chi connectivity index (χ0v) is 16.3. The minimum atomic E-state index is -0.351. The molecule has 144 valence electrons. The van der Waals surface area contributed by atoms with Gasteiger partial charge in [-0.2, -0.15) is 0 Å². The number of benzene rings is 2. The van der Waals surface area contributed by atoms with Crippen molar-refractivity contribution in [2.45, 2.75) is 25.7 Å². The van der Waals surface area contributed by atoms with Gasteiger partial charge in [-0.15, -0.1) is 11.3 Å². The molecular weight excluding hydrogens is 386 g/mol. The first-order valence-corrected chi connectivity index (χ1v) is 10.3. The molecule has 0 saturated heterocycles. The fourth-order valence-electron chi connectivity index (χ4n) is 3.76. The van der Waals surface area contributed by atoms with Crippen LogP contribution in [0, 0.1) is 0 Å². The van der Waals surface area contributed by atoms with E-state index in [1.807, 2.05) is 0 Å². The summed E-state index contributed by atoms with van der Waals surface area (Å²) < 4.78 is 0. The predicted molar refractivity (Wildman–Crippen MR) is 111 cm³/mol. The number of rotatable bonds is 3. The summed E-state index contributed by atoms with van der Waals surface area (Å²) in [6, 6.07) is 13.2. The van der Waals surface area contributed by atoms with E-state index in [9.17, 15) is 14.4 Å². The lowest BCUT2D eigenvalue weighted by Gasteiger charge is -2.14. The molecule has 0 fully saturated rings. The Labute approximate surface area is 171 Å². The van der Waals surface area contributed by atoms with Crippen molar-refractivity contribution in [3.05, 3.63) is 75.8 Å². The standard InChI is InChI=1S/C22H17N3O3S/c26-19(24-22-23-17-7-3-4-8-18(17)29-22)13-9-11-14(12-10-13)25-20(27)15-5-1-2-6-16(15)21(25)28/h1-2,5-6,9-12H,3-4,7-8H2,(H,23,24,26). The van der Waals surface area contributed by atoms with Crippen LogP contribution in [0.4, 0.5) is 10.8 Å². The molecule has 3 aromatic rings. The molecule has 1 aromatic heterocycles. The fraction of sp³-hybridized carbons (Fsp3) is 0.182. The zero-order valence-electron chi connectivity index (χ0n) is 15.5. The van der Waals surface area contributed by atoms with E-state index in [4.69, 9.17) is 0 Å². The molecule has 2 heterocycles. The Morgan fingerprint density at radius 2 is 1.59 bits per heavy atom. The van der Waals surface area contributed by atoms with Crippen molar-refractivity contribution in [3.63, 3.8) is 0 Å². The molecule has 0 bridgehead atoms. The summed E-state index contributed by atoms with van der Waals surface area (Å²) in [5, 5.41) is 3.47. The van der Waals surface area contributed by atoms with E-state index in [2.05, 4.69) is 10.3 Å². The Hall–Kier alpha value is -3.32. The number of hydrogen-bond donors (Lipinski definition) is 1. The van der Waals surface area contributed by atoms with Gasteiger partial charge in [0.1, 0.15) is 0 Å². The van der Waals surface area contributed by atoms with Crippen LogP contribution >= 0.6 is 11.3 Å². The zero-order chi connectivity index (χ0) is 20.0. The predicted octanol–water partition coefficient (Wildman–Crippen LogP) is 4.07. The van der Waals surface area contributed by atoms with Gasteiger partial charge < -0.3 is 0 Å². The van der Waals surface area contributed by atoms with Gasteiger partial charge in [-0.3, -0.25) is 19.7 Å². The van der Waals surface area contributed by atoms with Crippen LogP contribution in [-0.4, -0.2) is 22.7 Å². The molecule has 1 N–H and O–H groups in total. The number of anilines is 2. The SMILES string of the molecule is O=C(Nc1nc2c(s1)CCCC2)c1ccc(N2C(=O)c3ccccc3C2=O)cc1. The van der Waals surface area contributed by atoms with Crippen LogP contribution < -0.4 is 10.2 Å². The molecule has 0 radical (unpaired) electrons. The van der Waals surface area contributed by atoms with Crippen LogP contribution in [0.25, 0.3) is 0 Å². The maximum Gasteiger partial charge on any atom is 0.266 e. The molecule has 29 heavy (non-hydrogen) atoms. The van der Waals surface area contributed by atoms with Gasteiger partial charge in [-0.05, 0) is 62.1 Å². The van der Waals surface area contributed by atoms with Crippen LogP contribution in [0.3, 0.4) is 0 Å².